The molecule has 0 radical (unpaired) electrons. The van der Waals surface area contributed by atoms with Crippen LogP contribution in [0.3, 0.4) is 0 Å². The van der Waals surface area contributed by atoms with E-state index in [2.05, 4.69) is 10.6 Å². The SMILES string of the molecule is Cc1ccccc1C(=O)N[C@H](C(=O)O[C@@H](C)C(=O)Nc1ccc(F)cc1)C(C)C. The van der Waals surface area contributed by atoms with Crippen LogP contribution in [0.5, 0.6) is 0 Å². The Morgan fingerprint density at radius 1 is 0.966 bits per heavy atom. The summed E-state index contributed by atoms with van der Waals surface area (Å²) in [6, 6.07) is 11.4. The molecule has 0 heterocycles. The molecule has 0 aliphatic rings. The Bertz CT molecular complexity index is 881. The molecule has 0 aliphatic heterocycles. The van der Waals surface area contributed by atoms with Gasteiger partial charge < -0.3 is 15.4 Å². The van der Waals surface area contributed by atoms with Gasteiger partial charge in [-0.15, -0.1) is 0 Å². The largest absolute Gasteiger partial charge is 0.451 e. The molecule has 29 heavy (non-hydrogen) atoms. The van der Waals surface area contributed by atoms with Crippen LogP contribution in [0, 0.1) is 18.7 Å². The topological polar surface area (TPSA) is 84.5 Å². The molecule has 2 rings (SSSR count). The van der Waals surface area contributed by atoms with Gasteiger partial charge in [0.2, 0.25) is 0 Å². The van der Waals surface area contributed by atoms with Crippen molar-refractivity contribution in [3.63, 3.8) is 0 Å². The quantitative estimate of drug-likeness (QED) is 0.697. The first-order valence-electron chi connectivity index (χ1n) is 9.32. The third-order valence-electron chi connectivity index (χ3n) is 4.37. The van der Waals surface area contributed by atoms with Gasteiger partial charge in [0, 0.05) is 11.3 Å². The number of amides is 2. The molecule has 2 amide bonds. The highest BCUT2D eigenvalue weighted by Crippen LogP contribution is 2.13. The monoisotopic (exact) mass is 400 g/mol. The number of esters is 1. The number of carbonyl (C=O) groups is 3. The molecule has 2 aromatic carbocycles. The zero-order chi connectivity index (χ0) is 21.6. The lowest BCUT2D eigenvalue weighted by atomic mass is 10.0. The van der Waals surface area contributed by atoms with Crippen LogP contribution in [0.25, 0.3) is 0 Å². The van der Waals surface area contributed by atoms with Crippen molar-refractivity contribution in [2.75, 3.05) is 5.32 Å². The molecule has 7 heteroatoms. The van der Waals surface area contributed by atoms with Gasteiger partial charge in [0.05, 0.1) is 0 Å². The van der Waals surface area contributed by atoms with Gasteiger partial charge in [0.1, 0.15) is 11.9 Å². The number of ether oxygens (including phenoxy) is 1. The molecule has 0 bridgehead atoms. The predicted octanol–water partition coefficient (Wildman–Crippen LogP) is 3.46. The van der Waals surface area contributed by atoms with Crippen molar-refractivity contribution >= 4 is 23.5 Å². The highest BCUT2D eigenvalue weighted by molar-refractivity contribution is 5.99. The fraction of sp³-hybridized carbons (Fsp3) is 0.318. The molecule has 0 aromatic heterocycles. The van der Waals surface area contributed by atoms with Crippen LogP contribution in [0.4, 0.5) is 10.1 Å². The van der Waals surface area contributed by atoms with Crippen molar-refractivity contribution in [3.8, 4) is 0 Å². The molecule has 2 atom stereocenters. The normalized spacial score (nSPS) is 12.8. The minimum atomic E-state index is -1.09. The lowest BCUT2D eigenvalue weighted by Gasteiger charge is -2.23. The number of halogens is 1. The number of carbonyl (C=O) groups excluding carboxylic acids is 3. The molecule has 2 aromatic rings. The number of aryl methyl sites for hydroxylation is 1. The number of benzene rings is 2. The maximum Gasteiger partial charge on any atom is 0.329 e. The summed E-state index contributed by atoms with van der Waals surface area (Å²) in [6.45, 7) is 6.78. The van der Waals surface area contributed by atoms with E-state index in [1.807, 2.05) is 6.07 Å². The number of hydrogen-bond donors (Lipinski definition) is 2. The smallest absolute Gasteiger partial charge is 0.329 e. The lowest BCUT2D eigenvalue weighted by molar-refractivity contribution is -0.156. The van der Waals surface area contributed by atoms with Crippen LogP contribution in [0.15, 0.2) is 48.5 Å². The molecule has 0 spiro atoms. The van der Waals surface area contributed by atoms with Crippen molar-refractivity contribution in [2.45, 2.75) is 39.8 Å². The first kappa shape index (κ1) is 22.1. The van der Waals surface area contributed by atoms with Gasteiger partial charge >= 0.3 is 5.97 Å². The van der Waals surface area contributed by atoms with Gasteiger partial charge in [0.25, 0.3) is 11.8 Å². The Hall–Kier alpha value is -3.22. The van der Waals surface area contributed by atoms with Crippen LogP contribution in [-0.4, -0.2) is 29.9 Å². The third kappa shape index (κ3) is 6.14. The standard InChI is InChI=1S/C22H25FN2O4/c1-13(2)19(25-21(27)18-8-6-5-7-14(18)3)22(28)29-15(4)20(26)24-17-11-9-16(23)10-12-17/h5-13,15,19H,1-4H3,(H,24,26)(H,25,27)/t15-,19-/m0/s1. The summed E-state index contributed by atoms with van der Waals surface area (Å²) in [7, 11) is 0. The van der Waals surface area contributed by atoms with E-state index in [1.165, 1.54) is 31.2 Å². The average Bonchev–Trinajstić information content (AvgIpc) is 2.67. The maximum absolute atomic E-state index is 13.0. The summed E-state index contributed by atoms with van der Waals surface area (Å²) < 4.78 is 18.2. The van der Waals surface area contributed by atoms with Crippen molar-refractivity contribution in [3.05, 3.63) is 65.5 Å². The Kier molecular flexibility index (Phi) is 7.47. The summed E-state index contributed by atoms with van der Waals surface area (Å²) in [4.78, 5) is 37.4. The zero-order valence-corrected chi connectivity index (χ0v) is 16.9. The summed E-state index contributed by atoms with van der Waals surface area (Å²) >= 11 is 0. The minimum Gasteiger partial charge on any atom is -0.451 e. The molecule has 2 N–H and O–H groups in total. The average molecular weight is 400 g/mol. The summed E-state index contributed by atoms with van der Waals surface area (Å²) in [5.74, 6) is -2.32. The van der Waals surface area contributed by atoms with E-state index < -0.39 is 29.8 Å². The van der Waals surface area contributed by atoms with Gasteiger partial charge in [0.15, 0.2) is 6.10 Å². The molecule has 0 fully saturated rings. The highest BCUT2D eigenvalue weighted by Gasteiger charge is 2.29. The van der Waals surface area contributed by atoms with Gasteiger partial charge in [-0.2, -0.15) is 0 Å². The second kappa shape index (κ2) is 9.82. The van der Waals surface area contributed by atoms with E-state index in [1.54, 1.807) is 39.0 Å². The van der Waals surface area contributed by atoms with Crippen molar-refractivity contribution in [2.24, 2.45) is 5.92 Å². The second-order valence-electron chi connectivity index (χ2n) is 7.09. The van der Waals surface area contributed by atoms with E-state index in [4.69, 9.17) is 4.74 Å². The van der Waals surface area contributed by atoms with E-state index in [-0.39, 0.29) is 11.8 Å². The molecule has 154 valence electrons. The summed E-state index contributed by atoms with van der Waals surface area (Å²) in [6.07, 6.45) is -1.09. The highest BCUT2D eigenvalue weighted by atomic mass is 19.1. The number of nitrogens with one attached hydrogen (secondary N) is 2. The van der Waals surface area contributed by atoms with Crippen LogP contribution in [0.2, 0.25) is 0 Å². The number of anilines is 1. The van der Waals surface area contributed by atoms with E-state index in [0.717, 1.165) is 5.56 Å². The first-order valence-corrected chi connectivity index (χ1v) is 9.32. The maximum atomic E-state index is 13.0. The molecule has 0 aliphatic carbocycles. The van der Waals surface area contributed by atoms with Gasteiger partial charge in [-0.1, -0.05) is 32.0 Å². The van der Waals surface area contributed by atoms with E-state index in [9.17, 15) is 18.8 Å². The molecule has 0 saturated heterocycles. The molecule has 6 nitrogen and oxygen atoms in total. The van der Waals surface area contributed by atoms with Gasteiger partial charge in [-0.25, -0.2) is 9.18 Å². The van der Waals surface area contributed by atoms with Crippen LogP contribution < -0.4 is 10.6 Å². The van der Waals surface area contributed by atoms with Gasteiger partial charge in [-0.3, -0.25) is 9.59 Å². The van der Waals surface area contributed by atoms with E-state index >= 15 is 0 Å². The van der Waals surface area contributed by atoms with Crippen molar-refractivity contribution < 1.29 is 23.5 Å². The number of rotatable bonds is 7. The fourth-order valence-electron chi connectivity index (χ4n) is 2.62. The number of hydrogen-bond acceptors (Lipinski definition) is 4. The first-order chi connectivity index (χ1) is 13.7. The molecular formula is C22H25FN2O4. The van der Waals surface area contributed by atoms with E-state index in [0.29, 0.717) is 11.3 Å². The Morgan fingerprint density at radius 3 is 2.17 bits per heavy atom. The molecule has 0 saturated carbocycles. The minimum absolute atomic E-state index is 0.247. The Balaban J connectivity index is 2.01. The Labute approximate surface area is 169 Å². The summed E-state index contributed by atoms with van der Waals surface area (Å²) in [5.41, 5.74) is 1.63. The summed E-state index contributed by atoms with van der Waals surface area (Å²) in [5, 5.41) is 5.23. The zero-order valence-electron chi connectivity index (χ0n) is 16.9. The van der Waals surface area contributed by atoms with Crippen LogP contribution in [-0.2, 0) is 14.3 Å². The Morgan fingerprint density at radius 2 is 1.59 bits per heavy atom. The van der Waals surface area contributed by atoms with Crippen molar-refractivity contribution in [1.29, 1.82) is 0 Å². The van der Waals surface area contributed by atoms with Gasteiger partial charge in [-0.05, 0) is 55.7 Å². The third-order valence-corrected chi connectivity index (χ3v) is 4.37. The second-order valence-corrected chi connectivity index (χ2v) is 7.09. The van der Waals surface area contributed by atoms with Crippen LogP contribution in [0.1, 0.15) is 36.7 Å². The predicted molar refractivity (Wildman–Crippen MR) is 108 cm³/mol. The fourth-order valence-corrected chi connectivity index (χ4v) is 2.62. The lowest BCUT2D eigenvalue weighted by Crippen LogP contribution is -2.47. The molecular weight excluding hydrogens is 375 g/mol. The van der Waals surface area contributed by atoms with Crippen molar-refractivity contribution in [1.82, 2.24) is 5.32 Å². The molecule has 0 unspecified atom stereocenters. The van der Waals surface area contributed by atoms with Crippen LogP contribution >= 0.6 is 0 Å².